The Balaban J connectivity index is 1.68. The van der Waals surface area contributed by atoms with Crippen molar-refractivity contribution < 1.29 is 22.6 Å². The molecule has 162 valence electrons. The van der Waals surface area contributed by atoms with E-state index in [0.29, 0.717) is 28.1 Å². The summed E-state index contributed by atoms with van der Waals surface area (Å²) in [6.07, 6.45) is -2.19. The van der Waals surface area contributed by atoms with Gasteiger partial charge in [-0.15, -0.1) is 0 Å². The third-order valence-electron chi connectivity index (χ3n) is 4.03. The molecule has 3 rings (SSSR count). The fourth-order valence-electron chi connectivity index (χ4n) is 2.49. The van der Waals surface area contributed by atoms with Crippen LogP contribution in [0.5, 0.6) is 11.5 Å². The van der Waals surface area contributed by atoms with Crippen LogP contribution in [0.4, 0.5) is 19.0 Å². The normalized spacial score (nSPS) is 11.5. The van der Waals surface area contributed by atoms with Crippen molar-refractivity contribution in [2.45, 2.75) is 12.8 Å². The van der Waals surface area contributed by atoms with Gasteiger partial charge in [0.2, 0.25) is 0 Å². The largest absolute Gasteiger partial charge is 0.493 e. The molecule has 0 amide bonds. The van der Waals surface area contributed by atoms with Gasteiger partial charge >= 0.3 is 6.18 Å². The van der Waals surface area contributed by atoms with Gasteiger partial charge in [0.05, 0.1) is 23.4 Å². The first kappa shape index (κ1) is 23.3. The highest BCUT2D eigenvalue weighted by Crippen LogP contribution is 2.37. The van der Waals surface area contributed by atoms with Crippen LogP contribution in [0.25, 0.3) is 0 Å². The smallest absolute Gasteiger partial charge is 0.417 e. The maximum absolute atomic E-state index is 12.6. The lowest BCUT2D eigenvalue weighted by Crippen LogP contribution is -2.05. The molecule has 0 aliphatic carbocycles. The summed E-state index contributed by atoms with van der Waals surface area (Å²) in [6, 6.07) is 13.7. The Morgan fingerprint density at radius 1 is 1.16 bits per heavy atom. The molecule has 0 aliphatic heterocycles. The van der Waals surface area contributed by atoms with Gasteiger partial charge in [-0.2, -0.15) is 18.3 Å². The van der Waals surface area contributed by atoms with Crippen molar-refractivity contribution in [2.24, 2.45) is 5.10 Å². The van der Waals surface area contributed by atoms with Crippen molar-refractivity contribution in [3.8, 4) is 11.5 Å². The Morgan fingerprint density at radius 2 is 1.90 bits per heavy atom. The molecule has 2 aromatic carbocycles. The lowest BCUT2D eigenvalue weighted by Gasteiger charge is -2.13. The molecule has 1 heterocycles. The number of alkyl halides is 3. The maximum atomic E-state index is 12.6. The summed E-state index contributed by atoms with van der Waals surface area (Å²) < 4.78 is 50.9. The van der Waals surface area contributed by atoms with Gasteiger partial charge in [-0.05, 0) is 86.0 Å². The first-order valence-corrected chi connectivity index (χ1v) is 10.7. The van der Waals surface area contributed by atoms with Crippen molar-refractivity contribution in [3.05, 3.63) is 79.5 Å². The minimum Gasteiger partial charge on any atom is -0.493 e. The molecule has 1 aromatic heterocycles. The number of hydrogen-bond donors (Lipinski definition) is 1. The van der Waals surface area contributed by atoms with Crippen LogP contribution in [0.3, 0.4) is 0 Å². The molecule has 3 aromatic rings. The van der Waals surface area contributed by atoms with Gasteiger partial charge in [-0.25, -0.2) is 4.98 Å². The molecule has 5 nitrogen and oxygen atoms in total. The summed E-state index contributed by atoms with van der Waals surface area (Å²) in [5.41, 5.74) is 3.48. The highest BCUT2D eigenvalue weighted by molar-refractivity contribution is 14.1. The standard InChI is InChI=1S/C21H16BrF3IN3O2/c1-30-18-9-14(10-28-29-19-7-4-15(11-27-19)21(23,24)25)8-17(22)20(18)31-12-13-2-5-16(26)6-3-13/h2-11H,12H2,1H3,(H,27,29)/b28-10-. The lowest BCUT2D eigenvalue weighted by atomic mass is 10.2. The van der Waals surface area contributed by atoms with Crippen LogP contribution in [-0.4, -0.2) is 18.3 Å². The highest BCUT2D eigenvalue weighted by Gasteiger charge is 2.30. The first-order valence-electron chi connectivity index (χ1n) is 8.83. The van der Waals surface area contributed by atoms with E-state index in [-0.39, 0.29) is 5.82 Å². The quantitative estimate of drug-likeness (QED) is 0.190. The average Bonchev–Trinajstić information content (AvgIpc) is 2.73. The molecule has 0 radical (unpaired) electrons. The third-order valence-corrected chi connectivity index (χ3v) is 5.34. The minimum absolute atomic E-state index is 0.188. The number of nitrogens with one attached hydrogen (secondary N) is 1. The average molecular weight is 606 g/mol. The Bertz CT molecular complexity index is 1060. The van der Waals surface area contributed by atoms with E-state index in [2.05, 4.69) is 54.0 Å². The summed E-state index contributed by atoms with van der Waals surface area (Å²) in [6.45, 7) is 0.375. The maximum Gasteiger partial charge on any atom is 0.417 e. The Labute approximate surface area is 198 Å². The monoisotopic (exact) mass is 605 g/mol. The topological polar surface area (TPSA) is 55.7 Å². The number of methoxy groups -OCH3 is 1. The molecule has 0 atom stereocenters. The molecule has 0 aliphatic rings. The number of anilines is 1. The van der Waals surface area contributed by atoms with Crippen molar-refractivity contribution in [3.63, 3.8) is 0 Å². The van der Waals surface area contributed by atoms with Crippen LogP contribution >= 0.6 is 38.5 Å². The number of benzene rings is 2. The SMILES string of the molecule is COc1cc(/C=N\Nc2ccc(C(F)(F)F)cn2)cc(Br)c1OCc1ccc(I)cc1. The van der Waals surface area contributed by atoms with Gasteiger partial charge in [0.1, 0.15) is 12.4 Å². The van der Waals surface area contributed by atoms with Crippen molar-refractivity contribution >= 4 is 50.6 Å². The molecule has 0 unspecified atom stereocenters. The van der Waals surface area contributed by atoms with E-state index >= 15 is 0 Å². The molecule has 0 spiro atoms. The predicted octanol–water partition coefficient (Wildman–Crippen LogP) is 6.50. The van der Waals surface area contributed by atoms with Crippen LogP contribution in [0.15, 0.2) is 64.3 Å². The number of nitrogens with zero attached hydrogens (tertiary/aromatic N) is 2. The number of ether oxygens (including phenoxy) is 2. The zero-order valence-electron chi connectivity index (χ0n) is 16.1. The number of rotatable bonds is 7. The van der Waals surface area contributed by atoms with E-state index in [1.54, 1.807) is 12.1 Å². The predicted molar refractivity (Wildman–Crippen MR) is 125 cm³/mol. The van der Waals surface area contributed by atoms with Crippen LogP contribution < -0.4 is 14.9 Å². The number of hydrogen-bond acceptors (Lipinski definition) is 5. The molecule has 10 heteroatoms. The second kappa shape index (κ2) is 10.3. The van der Waals surface area contributed by atoms with E-state index in [1.165, 1.54) is 19.4 Å². The summed E-state index contributed by atoms with van der Waals surface area (Å²) >= 11 is 5.72. The molecule has 0 saturated heterocycles. The third kappa shape index (κ3) is 6.57. The van der Waals surface area contributed by atoms with Gasteiger partial charge in [-0.1, -0.05) is 12.1 Å². The van der Waals surface area contributed by atoms with Gasteiger partial charge in [-0.3, -0.25) is 5.43 Å². The molecular weight excluding hydrogens is 590 g/mol. The lowest BCUT2D eigenvalue weighted by molar-refractivity contribution is -0.137. The van der Waals surface area contributed by atoms with Gasteiger partial charge in [0, 0.05) is 9.77 Å². The highest BCUT2D eigenvalue weighted by atomic mass is 127. The van der Waals surface area contributed by atoms with Crippen LogP contribution in [0.2, 0.25) is 0 Å². The Kier molecular flexibility index (Phi) is 7.76. The molecule has 31 heavy (non-hydrogen) atoms. The van der Waals surface area contributed by atoms with Gasteiger partial charge in [0.25, 0.3) is 0 Å². The van der Waals surface area contributed by atoms with E-state index < -0.39 is 11.7 Å². The molecule has 0 bridgehead atoms. The van der Waals surface area contributed by atoms with Crippen molar-refractivity contribution in [1.29, 1.82) is 0 Å². The second-order valence-corrected chi connectivity index (χ2v) is 8.35. The van der Waals surface area contributed by atoms with Crippen LogP contribution in [-0.2, 0) is 12.8 Å². The Morgan fingerprint density at radius 3 is 2.52 bits per heavy atom. The van der Waals surface area contributed by atoms with Crippen LogP contribution in [0, 0.1) is 3.57 Å². The van der Waals surface area contributed by atoms with Crippen molar-refractivity contribution in [2.75, 3.05) is 12.5 Å². The Hall–Kier alpha value is -2.34. The minimum atomic E-state index is -4.43. The van der Waals surface area contributed by atoms with E-state index in [4.69, 9.17) is 9.47 Å². The number of pyridine rings is 1. The summed E-state index contributed by atoms with van der Waals surface area (Å²) in [7, 11) is 1.53. The summed E-state index contributed by atoms with van der Waals surface area (Å²) in [5, 5.41) is 4.02. The zero-order chi connectivity index (χ0) is 22.4. The number of aromatic nitrogens is 1. The summed E-state index contributed by atoms with van der Waals surface area (Å²) in [5.74, 6) is 1.25. The molecule has 1 N–H and O–H groups in total. The number of hydrazone groups is 1. The molecule has 0 fully saturated rings. The summed E-state index contributed by atoms with van der Waals surface area (Å²) in [4.78, 5) is 3.70. The number of halogens is 5. The van der Waals surface area contributed by atoms with Gasteiger partial charge < -0.3 is 9.47 Å². The van der Waals surface area contributed by atoms with Crippen molar-refractivity contribution in [1.82, 2.24) is 4.98 Å². The van der Waals surface area contributed by atoms with E-state index in [0.717, 1.165) is 21.4 Å². The second-order valence-electron chi connectivity index (χ2n) is 6.25. The van der Waals surface area contributed by atoms with E-state index in [9.17, 15) is 13.2 Å². The van der Waals surface area contributed by atoms with Crippen LogP contribution in [0.1, 0.15) is 16.7 Å². The molecule has 0 saturated carbocycles. The zero-order valence-corrected chi connectivity index (χ0v) is 19.8. The van der Waals surface area contributed by atoms with Gasteiger partial charge in [0.15, 0.2) is 11.5 Å². The molecular formula is C21H16BrF3IN3O2. The fourth-order valence-corrected chi connectivity index (χ4v) is 3.42. The first-order chi connectivity index (χ1) is 14.8. The van der Waals surface area contributed by atoms with E-state index in [1.807, 2.05) is 24.3 Å². The fraction of sp³-hybridized carbons (Fsp3) is 0.143.